The molecule has 9 nitrogen and oxygen atoms in total. The van der Waals surface area contributed by atoms with Gasteiger partial charge >= 0.3 is 5.69 Å². The molecule has 3 heterocycles. The minimum Gasteiger partial charge on any atom is -0.507 e. The van der Waals surface area contributed by atoms with Crippen molar-refractivity contribution in [2.45, 2.75) is 31.1 Å². The Kier molecular flexibility index (Phi) is 4.56. The van der Waals surface area contributed by atoms with Crippen LogP contribution >= 0.6 is 11.3 Å². The molecule has 4 atom stereocenters. The summed E-state index contributed by atoms with van der Waals surface area (Å²) in [5.74, 6) is 0.436. The Morgan fingerprint density at radius 1 is 1.39 bits per heavy atom. The molecule has 2 bridgehead atoms. The van der Waals surface area contributed by atoms with Crippen molar-refractivity contribution in [2.24, 2.45) is 13.0 Å². The second-order valence-corrected chi connectivity index (χ2v) is 9.42. The molecule has 1 aliphatic heterocycles. The third-order valence-corrected chi connectivity index (χ3v) is 7.40. The molecule has 11 heteroatoms. The van der Waals surface area contributed by atoms with E-state index in [0.717, 1.165) is 13.0 Å². The largest absolute Gasteiger partial charge is 0.507 e. The number of nitrogens with one attached hydrogen (secondary N) is 1. The number of hydrogen-bond donors (Lipinski definition) is 2. The Balaban J connectivity index is 1.41. The van der Waals surface area contributed by atoms with Crippen molar-refractivity contribution in [3.63, 3.8) is 0 Å². The highest BCUT2D eigenvalue weighted by Gasteiger charge is 2.57. The number of alkyl halides is 1. The fraction of sp³-hybridized carbons (Fsp3) is 0.450. The standard InChI is InChI=1S/C20H22FN7O2S/c1-20-7-11(8-23-20)14(15(20)21)28(3)19-26-25-17(31-19)12-5-4-10(6-13(12)29)16-22-9-27(2)18(30)24-16/h4-6,9,11,14-15,23,29H,7-8H2,1-3H3/t11?,14-,15-,20-/m1/s1. The molecule has 1 aromatic carbocycles. The molecule has 1 saturated heterocycles. The first kappa shape index (κ1) is 20.0. The highest BCUT2D eigenvalue weighted by atomic mass is 32.1. The molecular weight excluding hydrogens is 421 g/mol. The number of aromatic nitrogens is 5. The lowest BCUT2D eigenvalue weighted by Gasteiger charge is -2.37. The summed E-state index contributed by atoms with van der Waals surface area (Å²) in [5.41, 5.74) is 0.110. The van der Waals surface area contributed by atoms with Crippen LogP contribution in [-0.4, -0.2) is 61.2 Å². The lowest BCUT2D eigenvalue weighted by atomic mass is 9.97. The van der Waals surface area contributed by atoms with Crippen LogP contribution < -0.4 is 15.9 Å². The highest BCUT2D eigenvalue weighted by molar-refractivity contribution is 7.18. The van der Waals surface area contributed by atoms with Crippen molar-refractivity contribution in [3.8, 4) is 27.7 Å². The van der Waals surface area contributed by atoms with Crippen LogP contribution in [0.5, 0.6) is 5.75 Å². The van der Waals surface area contributed by atoms with Gasteiger partial charge in [0.2, 0.25) is 5.13 Å². The second kappa shape index (κ2) is 7.06. The lowest BCUT2D eigenvalue weighted by molar-refractivity contribution is 0.164. The summed E-state index contributed by atoms with van der Waals surface area (Å²) in [6.45, 7) is 2.73. The first-order chi connectivity index (χ1) is 14.8. The molecular formula is C20H22FN7O2S. The number of aryl methyl sites for hydroxylation is 1. The molecule has 3 aromatic rings. The lowest BCUT2D eigenvalue weighted by Crippen LogP contribution is -2.56. The van der Waals surface area contributed by atoms with E-state index < -0.39 is 17.4 Å². The molecule has 31 heavy (non-hydrogen) atoms. The third-order valence-electron chi connectivity index (χ3n) is 6.35. The summed E-state index contributed by atoms with van der Waals surface area (Å²) in [6.07, 6.45) is 1.20. The number of halogens is 1. The summed E-state index contributed by atoms with van der Waals surface area (Å²) >= 11 is 1.30. The van der Waals surface area contributed by atoms with Crippen molar-refractivity contribution in [1.29, 1.82) is 0 Å². The summed E-state index contributed by atoms with van der Waals surface area (Å²) in [6, 6.07) is 4.65. The van der Waals surface area contributed by atoms with Crippen molar-refractivity contribution in [2.75, 3.05) is 18.5 Å². The van der Waals surface area contributed by atoms with Gasteiger partial charge in [0.1, 0.15) is 18.2 Å². The van der Waals surface area contributed by atoms with E-state index in [1.807, 2.05) is 18.9 Å². The quantitative estimate of drug-likeness (QED) is 0.626. The van der Waals surface area contributed by atoms with Crippen molar-refractivity contribution < 1.29 is 9.50 Å². The number of aromatic hydroxyl groups is 1. The molecule has 2 fully saturated rings. The number of phenolic OH excluding ortho intramolecular Hbond substituents is 1. The summed E-state index contributed by atoms with van der Waals surface area (Å²) in [5, 5.41) is 23.5. The zero-order chi connectivity index (χ0) is 21.9. The van der Waals surface area contributed by atoms with E-state index in [9.17, 15) is 9.90 Å². The summed E-state index contributed by atoms with van der Waals surface area (Å²) in [4.78, 5) is 21.7. The highest BCUT2D eigenvalue weighted by Crippen LogP contribution is 2.46. The number of benzene rings is 1. The molecule has 0 spiro atoms. The minimum absolute atomic E-state index is 0.0212. The van der Waals surface area contributed by atoms with Crippen LogP contribution in [0.2, 0.25) is 0 Å². The van der Waals surface area contributed by atoms with Crippen LogP contribution in [0.25, 0.3) is 22.0 Å². The Hall–Kier alpha value is -2.92. The predicted molar refractivity (Wildman–Crippen MR) is 115 cm³/mol. The number of hydrogen-bond acceptors (Lipinski definition) is 9. The molecule has 1 unspecified atom stereocenters. The van der Waals surface area contributed by atoms with Crippen LogP contribution in [0.15, 0.2) is 29.3 Å². The molecule has 0 radical (unpaired) electrons. The van der Waals surface area contributed by atoms with Crippen LogP contribution in [0.1, 0.15) is 13.3 Å². The fourth-order valence-corrected chi connectivity index (χ4v) is 5.49. The Bertz CT molecular complexity index is 1210. The SMILES string of the molecule is CN(c1nnc(-c2ccc(-c3ncn(C)c(=O)n3)cc2O)s1)[C@@H]1C2CN[C@](C)(C2)[C@@H]1F. The predicted octanol–water partition coefficient (Wildman–Crippen LogP) is 1.59. The number of anilines is 1. The Morgan fingerprint density at radius 2 is 2.19 bits per heavy atom. The maximum Gasteiger partial charge on any atom is 0.350 e. The summed E-state index contributed by atoms with van der Waals surface area (Å²) in [7, 11) is 3.41. The normalized spacial score (nSPS) is 27.0. The average molecular weight is 444 g/mol. The van der Waals surface area contributed by atoms with Crippen LogP contribution in [0, 0.1) is 5.92 Å². The maximum atomic E-state index is 15.0. The monoisotopic (exact) mass is 443 g/mol. The molecule has 162 valence electrons. The third kappa shape index (κ3) is 3.19. The van der Waals surface area contributed by atoms with E-state index in [0.29, 0.717) is 21.3 Å². The Morgan fingerprint density at radius 3 is 2.87 bits per heavy atom. The van der Waals surface area contributed by atoms with Crippen molar-refractivity contribution in [1.82, 2.24) is 30.0 Å². The van der Waals surface area contributed by atoms with Crippen molar-refractivity contribution in [3.05, 3.63) is 35.0 Å². The van der Waals surface area contributed by atoms with Gasteiger partial charge in [-0.25, -0.2) is 14.2 Å². The van der Waals surface area contributed by atoms with E-state index in [4.69, 9.17) is 0 Å². The molecule has 0 amide bonds. The number of piperidine rings is 1. The van der Waals surface area contributed by atoms with Gasteiger partial charge in [-0.2, -0.15) is 4.98 Å². The topological polar surface area (TPSA) is 109 Å². The van der Waals surface area contributed by atoms with Gasteiger partial charge in [-0.3, -0.25) is 4.57 Å². The van der Waals surface area contributed by atoms with E-state index in [2.05, 4.69) is 25.5 Å². The van der Waals surface area contributed by atoms with Gasteiger partial charge in [-0.05, 0) is 31.4 Å². The van der Waals surface area contributed by atoms with Gasteiger partial charge in [0.05, 0.1) is 11.6 Å². The minimum atomic E-state index is -0.991. The van der Waals surface area contributed by atoms with E-state index in [1.165, 1.54) is 28.3 Å². The molecule has 2 aromatic heterocycles. The molecule has 1 aliphatic carbocycles. The molecule has 5 rings (SSSR count). The number of phenols is 1. The zero-order valence-electron chi connectivity index (χ0n) is 17.3. The Labute approximate surface area is 181 Å². The second-order valence-electron chi connectivity index (χ2n) is 8.46. The van der Waals surface area contributed by atoms with Gasteiger partial charge in [-0.15, -0.1) is 10.2 Å². The van der Waals surface area contributed by atoms with E-state index >= 15 is 4.39 Å². The summed E-state index contributed by atoms with van der Waals surface area (Å²) < 4.78 is 16.3. The smallest absolute Gasteiger partial charge is 0.350 e. The number of fused-ring (bicyclic) bond motifs is 2. The zero-order valence-corrected chi connectivity index (χ0v) is 18.1. The van der Waals surface area contributed by atoms with Gasteiger partial charge in [-0.1, -0.05) is 17.4 Å². The molecule has 2 N–H and O–H groups in total. The van der Waals surface area contributed by atoms with Crippen LogP contribution in [0.4, 0.5) is 9.52 Å². The van der Waals surface area contributed by atoms with Gasteiger partial charge in [0.25, 0.3) is 0 Å². The molecule has 1 saturated carbocycles. The van der Waals surface area contributed by atoms with E-state index in [-0.39, 0.29) is 23.5 Å². The first-order valence-electron chi connectivity index (χ1n) is 9.96. The van der Waals surface area contributed by atoms with Crippen molar-refractivity contribution >= 4 is 16.5 Å². The van der Waals surface area contributed by atoms with E-state index in [1.54, 1.807) is 19.2 Å². The van der Waals surface area contributed by atoms with Crippen LogP contribution in [-0.2, 0) is 7.05 Å². The molecule has 2 aliphatic rings. The van der Waals surface area contributed by atoms with Gasteiger partial charge in [0.15, 0.2) is 10.8 Å². The van der Waals surface area contributed by atoms with Gasteiger partial charge < -0.3 is 15.3 Å². The number of rotatable bonds is 4. The fourth-order valence-electron chi connectivity index (χ4n) is 4.61. The average Bonchev–Trinajstić information content (AvgIpc) is 3.43. The number of nitrogens with zero attached hydrogens (tertiary/aromatic N) is 6. The first-order valence-corrected chi connectivity index (χ1v) is 10.8. The van der Waals surface area contributed by atoms with Gasteiger partial charge in [0, 0.05) is 31.7 Å². The van der Waals surface area contributed by atoms with Crippen LogP contribution in [0.3, 0.4) is 0 Å². The maximum absolute atomic E-state index is 15.0.